The number of anilines is 1. The van der Waals surface area contributed by atoms with Gasteiger partial charge in [-0.2, -0.15) is 0 Å². The van der Waals surface area contributed by atoms with E-state index in [1.54, 1.807) is 0 Å². The Morgan fingerprint density at radius 2 is 1.40 bits per heavy atom. The molecule has 4 aromatic rings. The van der Waals surface area contributed by atoms with E-state index < -0.39 is 36.0 Å². The Hall–Kier alpha value is -5.16. The van der Waals surface area contributed by atoms with E-state index in [4.69, 9.17) is 5.73 Å². The second kappa shape index (κ2) is 18.9. The minimum Gasteiger partial charge on any atom is -0.350 e. The molecule has 1 heterocycles. The second-order valence-electron chi connectivity index (χ2n) is 14.1. The highest BCUT2D eigenvalue weighted by Gasteiger charge is 2.31. The number of nitrogens with two attached hydrogens (primary N) is 1. The van der Waals surface area contributed by atoms with Gasteiger partial charge in [0.05, 0.1) is 0 Å². The van der Waals surface area contributed by atoms with E-state index in [0.717, 1.165) is 54.1 Å². The van der Waals surface area contributed by atoms with Crippen LogP contribution in [-0.2, 0) is 27.3 Å². The summed E-state index contributed by atoms with van der Waals surface area (Å²) in [4.78, 5) is 54.6. The Labute approximate surface area is 306 Å². The van der Waals surface area contributed by atoms with Gasteiger partial charge in [-0.05, 0) is 74.5 Å². The number of amides is 5. The molecule has 1 saturated carbocycles. The molecule has 5 rings (SSSR count). The molecule has 52 heavy (non-hydrogen) atoms. The number of carbonyl (C=O) groups is 4. The van der Waals surface area contributed by atoms with Crippen LogP contribution >= 0.6 is 0 Å². The summed E-state index contributed by atoms with van der Waals surface area (Å²) >= 11 is 0. The van der Waals surface area contributed by atoms with Crippen molar-refractivity contribution < 1.29 is 19.2 Å². The monoisotopic (exact) mass is 707 g/mol. The summed E-state index contributed by atoms with van der Waals surface area (Å²) in [5.41, 5.74) is 9.41. The van der Waals surface area contributed by atoms with Crippen molar-refractivity contribution in [3.63, 3.8) is 0 Å². The lowest BCUT2D eigenvalue weighted by Gasteiger charge is -2.28. The first kappa shape index (κ1) is 38.1. The number of benzene rings is 3. The third-order valence-corrected chi connectivity index (χ3v) is 9.76. The number of hydrogen-bond donors (Lipinski definition) is 6. The molecule has 7 N–H and O–H groups in total. The molecule has 1 aromatic heterocycles. The van der Waals surface area contributed by atoms with Gasteiger partial charge in [-0.1, -0.05) is 92.8 Å². The standard InChI is InChI=1S/C41H53N7O4/c1-28(2)48-23-21-32-26-33(18-19-37(32)48)44-41(52)47-36(25-30-14-8-4-9-15-30)40(51)45-34(20-22-42)39(50)46-35(24-29-12-6-3-7-13-29)38(49)43-27-31-16-10-5-11-17-31/h3,5-7,10-13,16-19,21,23,26,28,30,34-36H,4,8-9,14-15,20,22,24-25,27,42H2,1-2H3,(H,43,49)(H,45,51)(H,46,50)(H2,44,47,52)/t34-,35-,36-/m0/s1. The fraction of sp³-hybridized carbons (Fsp3) is 0.415. The van der Waals surface area contributed by atoms with E-state index in [2.05, 4.69) is 45.0 Å². The molecule has 11 heteroatoms. The van der Waals surface area contributed by atoms with Gasteiger partial charge in [0.1, 0.15) is 18.1 Å². The van der Waals surface area contributed by atoms with Gasteiger partial charge < -0.3 is 36.9 Å². The maximum atomic E-state index is 13.9. The van der Waals surface area contributed by atoms with Crippen LogP contribution < -0.4 is 32.3 Å². The van der Waals surface area contributed by atoms with Crippen molar-refractivity contribution in [3.8, 4) is 0 Å². The summed E-state index contributed by atoms with van der Waals surface area (Å²) in [6.45, 7) is 4.67. The number of urea groups is 1. The molecular formula is C41H53N7O4. The van der Waals surface area contributed by atoms with Crippen molar-refractivity contribution in [1.29, 1.82) is 0 Å². The van der Waals surface area contributed by atoms with Gasteiger partial charge in [-0.3, -0.25) is 14.4 Å². The van der Waals surface area contributed by atoms with E-state index in [1.807, 2.05) is 91.1 Å². The number of nitrogens with one attached hydrogen (secondary N) is 5. The summed E-state index contributed by atoms with van der Waals surface area (Å²) < 4.78 is 2.17. The molecule has 3 aromatic carbocycles. The highest BCUT2D eigenvalue weighted by molar-refractivity contribution is 5.97. The van der Waals surface area contributed by atoms with E-state index in [0.29, 0.717) is 24.7 Å². The van der Waals surface area contributed by atoms with Crippen LogP contribution in [-0.4, -0.2) is 53.0 Å². The first-order valence-corrected chi connectivity index (χ1v) is 18.5. The van der Waals surface area contributed by atoms with Crippen LogP contribution in [0.4, 0.5) is 10.5 Å². The average molecular weight is 708 g/mol. The largest absolute Gasteiger partial charge is 0.350 e. The molecule has 11 nitrogen and oxygen atoms in total. The molecule has 0 unspecified atom stereocenters. The van der Waals surface area contributed by atoms with Crippen LogP contribution in [0.2, 0.25) is 0 Å². The number of aromatic nitrogens is 1. The van der Waals surface area contributed by atoms with Gasteiger partial charge in [-0.25, -0.2) is 4.79 Å². The van der Waals surface area contributed by atoms with E-state index in [-0.39, 0.29) is 31.2 Å². The summed E-state index contributed by atoms with van der Waals surface area (Å²) in [6.07, 6.45) is 8.15. The average Bonchev–Trinajstić information content (AvgIpc) is 3.58. The molecule has 3 atom stereocenters. The van der Waals surface area contributed by atoms with E-state index >= 15 is 0 Å². The summed E-state index contributed by atoms with van der Waals surface area (Å²) in [5.74, 6) is -1.06. The molecule has 1 aliphatic carbocycles. The molecular weight excluding hydrogens is 654 g/mol. The second-order valence-corrected chi connectivity index (χ2v) is 14.1. The minimum atomic E-state index is -1.01. The highest BCUT2D eigenvalue weighted by atomic mass is 16.2. The quantitative estimate of drug-likeness (QED) is 0.0899. The number of fused-ring (bicyclic) bond motifs is 1. The Balaban J connectivity index is 1.27. The first-order chi connectivity index (χ1) is 25.2. The predicted molar refractivity (Wildman–Crippen MR) is 205 cm³/mol. The van der Waals surface area contributed by atoms with Crippen molar-refractivity contribution in [2.75, 3.05) is 11.9 Å². The molecule has 1 aliphatic rings. The topological polar surface area (TPSA) is 159 Å². The van der Waals surface area contributed by atoms with Gasteiger partial charge in [-0.15, -0.1) is 0 Å². The maximum absolute atomic E-state index is 13.9. The van der Waals surface area contributed by atoms with Crippen LogP contribution in [0.1, 0.15) is 76.0 Å². The molecule has 0 bridgehead atoms. The molecule has 0 radical (unpaired) electrons. The zero-order valence-electron chi connectivity index (χ0n) is 30.3. The van der Waals surface area contributed by atoms with Crippen LogP contribution in [0.5, 0.6) is 0 Å². The van der Waals surface area contributed by atoms with Crippen LogP contribution in [0.25, 0.3) is 10.9 Å². The van der Waals surface area contributed by atoms with Crippen molar-refractivity contribution in [1.82, 2.24) is 25.8 Å². The summed E-state index contributed by atoms with van der Waals surface area (Å²) in [6, 6.07) is 23.7. The molecule has 0 aliphatic heterocycles. The van der Waals surface area contributed by atoms with Crippen LogP contribution in [0.15, 0.2) is 91.1 Å². The normalized spacial score (nSPS) is 15.0. The molecule has 5 amide bonds. The Kier molecular flexibility index (Phi) is 13.8. The molecule has 0 spiro atoms. The SMILES string of the molecule is CC(C)n1ccc2cc(NC(=O)N[C@@H](CC3CCCCC3)C(=O)N[C@@H](CCN)C(=O)N[C@@H](Cc3ccccc3)C(=O)NCc3ccccc3)ccc21. The van der Waals surface area contributed by atoms with Crippen molar-refractivity contribution >= 4 is 40.3 Å². The molecule has 0 saturated heterocycles. The number of hydrogen-bond acceptors (Lipinski definition) is 5. The lowest BCUT2D eigenvalue weighted by atomic mass is 9.84. The van der Waals surface area contributed by atoms with Gasteiger partial charge in [0, 0.05) is 41.8 Å². The minimum absolute atomic E-state index is 0.129. The number of rotatable bonds is 16. The zero-order valence-corrected chi connectivity index (χ0v) is 30.3. The smallest absolute Gasteiger partial charge is 0.319 e. The lowest BCUT2D eigenvalue weighted by Crippen LogP contribution is -2.58. The predicted octanol–water partition coefficient (Wildman–Crippen LogP) is 5.56. The van der Waals surface area contributed by atoms with Crippen molar-refractivity contribution in [2.24, 2.45) is 11.7 Å². The molecule has 276 valence electrons. The van der Waals surface area contributed by atoms with Crippen molar-refractivity contribution in [3.05, 3.63) is 102 Å². The van der Waals surface area contributed by atoms with E-state index in [9.17, 15) is 19.2 Å². The van der Waals surface area contributed by atoms with Gasteiger partial charge in [0.25, 0.3) is 0 Å². The zero-order chi connectivity index (χ0) is 36.9. The van der Waals surface area contributed by atoms with Crippen LogP contribution in [0.3, 0.4) is 0 Å². The van der Waals surface area contributed by atoms with Gasteiger partial charge in [0.2, 0.25) is 17.7 Å². The Morgan fingerprint density at radius 3 is 2.08 bits per heavy atom. The highest BCUT2D eigenvalue weighted by Crippen LogP contribution is 2.28. The van der Waals surface area contributed by atoms with Crippen molar-refractivity contribution in [2.45, 2.75) is 95.9 Å². The summed E-state index contributed by atoms with van der Waals surface area (Å²) in [5, 5.41) is 15.5. The van der Waals surface area contributed by atoms with Gasteiger partial charge in [0.15, 0.2) is 0 Å². The number of carbonyl (C=O) groups excluding carboxylic acids is 4. The molecule has 1 fully saturated rings. The third kappa shape index (κ3) is 10.9. The lowest BCUT2D eigenvalue weighted by molar-refractivity contribution is -0.132. The third-order valence-electron chi connectivity index (χ3n) is 9.76. The fourth-order valence-electron chi connectivity index (χ4n) is 6.95. The maximum Gasteiger partial charge on any atom is 0.319 e. The van der Waals surface area contributed by atoms with E-state index in [1.165, 1.54) is 0 Å². The fourth-order valence-corrected chi connectivity index (χ4v) is 6.95. The van der Waals surface area contributed by atoms with Crippen LogP contribution in [0, 0.1) is 5.92 Å². The first-order valence-electron chi connectivity index (χ1n) is 18.5. The Morgan fingerprint density at radius 1 is 0.750 bits per heavy atom. The summed E-state index contributed by atoms with van der Waals surface area (Å²) in [7, 11) is 0. The number of nitrogens with zero attached hydrogens (tertiary/aromatic N) is 1. The Bertz CT molecular complexity index is 1770. The van der Waals surface area contributed by atoms with Gasteiger partial charge >= 0.3 is 6.03 Å².